The number of aromatic nitrogens is 2. The Morgan fingerprint density at radius 1 is 1.35 bits per heavy atom. The van der Waals surface area contributed by atoms with Gasteiger partial charge in [-0.3, -0.25) is 14.3 Å². The van der Waals surface area contributed by atoms with E-state index in [1.807, 2.05) is 0 Å². The van der Waals surface area contributed by atoms with Crippen LogP contribution in [0.3, 0.4) is 0 Å². The molecule has 0 saturated heterocycles. The molecule has 0 aliphatic heterocycles. The van der Waals surface area contributed by atoms with E-state index in [1.165, 1.54) is 4.57 Å². The molecule has 1 fully saturated rings. The third-order valence-corrected chi connectivity index (χ3v) is 3.15. The van der Waals surface area contributed by atoms with Crippen LogP contribution in [0.2, 0.25) is 5.02 Å². The van der Waals surface area contributed by atoms with Gasteiger partial charge in [0.2, 0.25) is 0 Å². The van der Waals surface area contributed by atoms with Crippen molar-refractivity contribution in [2.24, 2.45) is 0 Å². The average Bonchev–Trinajstić information content (AvgIpc) is 3.03. The Bertz CT molecular complexity index is 731. The predicted molar refractivity (Wildman–Crippen MR) is 62.1 cm³/mol. The normalized spacial score (nSPS) is 15.4. The lowest BCUT2D eigenvalue weighted by Gasteiger charge is -2.09. The van der Waals surface area contributed by atoms with Crippen molar-refractivity contribution in [1.29, 1.82) is 0 Å². The summed E-state index contributed by atoms with van der Waals surface area (Å²) in [7, 11) is 0. The third-order valence-electron chi connectivity index (χ3n) is 2.86. The standard InChI is InChI=1S/C11H8ClFN2O2/c12-8-4-5(13)3-7-9(8)15(6-1-2-6)11(17)14-10(7)16/h3-4,6H,1-2H2,(H,14,16,17). The fourth-order valence-electron chi connectivity index (χ4n) is 1.99. The van der Waals surface area contributed by atoms with E-state index in [2.05, 4.69) is 4.98 Å². The highest BCUT2D eigenvalue weighted by Crippen LogP contribution is 2.36. The molecule has 0 spiro atoms. The average molecular weight is 255 g/mol. The summed E-state index contributed by atoms with van der Waals surface area (Å²) in [5.74, 6) is -0.589. The van der Waals surface area contributed by atoms with Crippen LogP contribution >= 0.6 is 11.6 Å². The predicted octanol–water partition coefficient (Wildman–Crippen LogP) is 1.82. The van der Waals surface area contributed by atoms with Gasteiger partial charge in [-0.1, -0.05) is 11.6 Å². The number of benzene rings is 1. The molecular formula is C11H8ClFN2O2. The third kappa shape index (κ3) is 1.58. The first kappa shape index (κ1) is 10.5. The first-order valence-corrected chi connectivity index (χ1v) is 5.59. The fraction of sp³-hybridized carbons (Fsp3) is 0.273. The maximum atomic E-state index is 13.2. The van der Waals surface area contributed by atoms with E-state index in [4.69, 9.17) is 11.6 Å². The van der Waals surface area contributed by atoms with E-state index in [1.54, 1.807) is 0 Å². The Labute approximate surface area is 99.6 Å². The Kier molecular flexibility index (Phi) is 2.13. The smallest absolute Gasteiger partial charge is 0.289 e. The van der Waals surface area contributed by atoms with Gasteiger partial charge in [0.15, 0.2) is 0 Å². The Balaban J connectivity index is 2.55. The number of hydrogen-bond donors (Lipinski definition) is 1. The van der Waals surface area contributed by atoms with Gasteiger partial charge in [0.25, 0.3) is 5.56 Å². The van der Waals surface area contributed by atoms with Crippen LogP contribution in [0.15, 0.2) is 21.7 Å². The molecule has 0 unspecified atom stereocenters. The number of rotatable bonds is 1. The lowest BCUT2D eigenvalue weighted by molar-refractivity contribution is 0.628. The van der Waals surface area contributed by atoms with Gasteiger partial charge in [-0.15, -0.1) is 0 Å². The van der Waals surface area contributed by atoms with Crippen LogP contribution in [0, 0.1) is 5.82 Å². The van der Waals surface area contributed by atoms with Crippen molar-refractivity contribution in [1.82, 2.24) is 9.55 Å². The topological polar surface area (TPSA) is 54.9 Å². The zero-order chi connectivity index (χ0) is 12.2. The van der Waals surface area contributed by atoms with E-state index in [0.717, 1.165) is 25.0 Å². The highest BCUT2D eigenvalue weighted by molar-refractivity contribution is 6.35. The largest absolute Gasteiger partial charge is 0.329 e. The Hall–Kier alpha value is -1.62. The molecule has 0 amide bonds. The number of aromatic amines is 1. The second kappa shape index (κ2) is 3.43. The Morgan fingerprint density at radius 3 is 2.71 bits per heavy atom. The van der Waals surface area contributed by atoms with Crippen LogP contribution in [-0.4, -0.2) is 9.55 Å². The van der Waals surface area contributed by atoms with Crippen LogP contribution in [0.4, 0.5) is 4.39 Å². The molecule has 17 heavy (non-hydrogen) atoms. The first-order valence-electron chi connectivity index (χ1n) is 5.21. The second-order valence-electron chi connectivity index (χ2n) is 4.14. The van der Waals surface area contributed by atoms with E-state index in [0.29, 0.717) is 5.52 Å². The number of fused-ring (bicyclic) bond motifs is 1. The van der Waals surface area contributed by atoms with Crippen LogP contribution in [0.5, 0.6) is 0 Å². The summed E-state index contributed by atoms with van der Waals surface area (Å²) in [6, 6.07) is 2.27. The number of hydrogen-bond acceptors (Lipinski definition) is 2. The molecule has 1 aromatic heterocycles. The van der Waals surface area contributed by atoms with Gasteiger partial charge >= 0.3 is 5.69 Å². The maximum absolute atomic E-state index is 13.2. The summed E-state index contributed by atoms with van der Waals surface area (Å²) in [5, 5.41) is 0.205. The van der Waals surface area contributed by atoms with E-state index < -0.39 is 17.1 Å². The molecule has 0 atom stereocenters. The zero-order valence-corrected chi connectivity index (χ0v) is 9.42. The van der Waals surface area contributed by atoms with Crippen molar-refractivity contribution in [3.63, 3.8) is 0 Å². The van der Waals surface area contributed by atoms with Crippen LogP contribution < -0.4 is 11.2 Å². The van der Waals surface area contributed by atoms with E-state index >= 15 is 0 Å². The van der Waals surface area contributed by atoms with Gasteiger partial charge in [0.1, 0.15) is 5.82 Å². The number of halogens is 2. The maximum Gasteiger partial charge on any atom is 0.329 e. The molecule has 0 radical (unpaired) electrons. The molecule has 1 aliphatic rings. The van der Waals surface area contributed by atoms with Gasteiger partial charge in [-0.2, -0.15) is 0 Å². The van der Waals surface area contributed by atoms with Gasteiger partial charge < -0.3 is 0 Å². The molecule has 3 rings (SSSR count). The Morgan fingerprint density at radius 2 is 2.06 bits per heavy atom. The molecule has 4 nitrogen and oxygen atoms in total. The summed E-state index contributed by atoms with van der Waals surface area (Å²) < 4.78 is 14.6. The van der Waals surface area contributed by atoms with Crippen molar-refractivity contribution in [2.45, 2.75) is 18.9 Å². The summed E-state index contributed by atoms with van der Waals surface area (Å²) >= 11 is 5.93. The minimum atomic E-state index is -0.608. The molecule has 88 valence electrons. The molecule has 1 N–H and O–H groups in total. The van der Waals surface area contributed by atoms with Crippen molar-refractivity contribution < 1.29 is 4.39 Å². The van der Waals surface area contributed by atoms with Crippen molar-refractivity contribution >= 4 is 22.5 Å². The lowest BCUT2D eigenvalue weighted by Crippen LogP contribution is -2.30. The first-order chi connectivity index (χ1) is 8.08. The minimum Gasteiger partial charge on any atom is -0.289 e. The van der Waals surface area contributed by atoms with Crippen molar-refractivity contribution in [2.75, 3.05) is 0 Å². The van der Waals surface area contributed by atoms with Crippen molar-refractivity contribution in [3.05, 3.63) is 43.8 Å². The molecule has 1 saturated carbocycles. The number of nitrogens with one attached hydrogen (secondary N) is 1. The quantitative estimate of drug-likeness (QED) is 0.844. The summed E-state index contributed by atoms with van der Waals surface area (Å²) in [6.07, 6.45) is 1.74. The number of H-pyrrole nitrogens is 1. The van der Waals surface area contributed by atoms with Gasteiger partial charge in [-0.25, -0.2) is 9.18 Å². The van der Waals surface area contributed by atoms with Gasteiger partial charge in [-0.05, 0) is 25.0 Å². The highest BCUT2D eigenvalue weighted by Gasteiger charge is 2.28. The number of nitrogens with zero attached hydrogens (tertiary/aromatic N) is 1. The minimum absolute atomic E-state index is 0.0600. The van der Waals surface area contributed by atoms with Crippen molar-refractivity contribution in [3.8, 4) is 0 Å². The van der Waals surface area contributed by atoms with Gasteiger partial charge in [0.05, 0.1) is 15.9 Å². The second-order valence-corrected chi connectivity index (χ2v) is 4.55. The molecule has 1 aromatic carbocycles. The molecule has 2 aromatic rings. The molecule has 6 heteroatoms. The van der Waals surface area contributed by atoms with E-state index in [9.17, 15) is 14.0 Å². The summed E-state index contributed by atoms with van der Waals surface area (Å²) in [4.78, 5) is 25.5. The van der Waals surface area contributed by atoms with Crippen LogP contribution in [0.1, 0.15) is 18.9 Å². The van der Waals surface area contributed by atoms with Gasteiger partial charge in [0, 0.05) is 6.04 Å². The molecule has 1 aliphatic carbocycles. The summed E-state index contributed by atoms with van der Waals surface area (Å²) in [6.45, 7) is 0. The monoisotopic (exact) mass is 254 g/mol. The van der Waals surface area contributed by atoms with E-state index in [-0.39, 0.29) is 16.5 Å². The summed E-state index contributed by atoms with van der Waals surface area (Å²) in [5.41, 5.74) is -0.772. The van der Waals surface area contributed by atoms with Crippen LogP contribution in [0.25, 0.3) is 10.9 Å². The highest BCUT2D eigenvalue weighted by atomic mass is 35.5. The molecular weight excluding hydrogens is 247 g/mol. The fourth-order valence-corrected chi connectivity index (χ4v) is 2.29. The van der Waals surface area contributed by atoms with Crippen LogP contribution in [-0.2, 0) is 0 Å². The lowest BCUT2D eigenvalue weighted by atomic mass is 10.2. The molecule has 1 heterocycles. The zero-order valence-electron chi connectivity index (χ0n) is 8.67. The SMILES string of the molecule is O=c1[nH]c(=O)n(C2CC2)c2c(Cl)cc(F)cc12. The molecule has 0 bridgehead atoms.